The maximum Gasteiger partial charge on any atom is 0.334 e. The number of nitrogens with two attached hydrogens (primary N) is 1. The molecule has 0 bridgehead atoms. The van der Waals surface area contributed by atoms with Crippen molar-refractivity contribution in [3.63, 3.8) is 0 Å². The molecule has 0 aromatic heterocycles. The van der Waals surface area contributed by atoms with Gasteiger partial charge in [0.05, 0.1) is 6.54 Å². The number of hydrazine groups is 1. The average Bonchev–Trinajstić information content (AvgIpc) is 3.00. The van der Waals surface area contributed by atoms with Crippen LogP contribution < -0.4 is 11.1 Å². The first kappa shape index (κ1) is 32.6. The third kappa shape index (κ3) is 9.04. The fraction of sp³-hybridized carbons (Fsp3) is 0.281. The van der Waals surface area contributed by atoms with Crippen molar-refractivity contribution in [2.75, 3.05) is 31.9 Å². The lowest BCUT2D eigenvalue weighted by Crippen LogP contribution is -2.67. The van der Waals surface area contributed by atoms with E-state index in [2.05, 4.69) is 11.9 Å². The van der Waals surface area contributed by atoms with Crippen molar-refractivity contribution in [2.45, 2.75) is 33.1 Å². The summed E-state index contributed by atoms with van der Waals surface area (Å²) in [7, 11) is 0. The van der Waals surface area contributed by atoms with Crippen molar-refractivity contribution in [3.8, 4) is 5.75 Å². The number of aryl methyl sites for hydroxylation is 1. The zero-order chi connectivity index (χ0) is 31.4. The Morgan fingerprint density at radius 2 is 1.77 bits per heavy atom. The van der Waals surface area contributed by atoms with Gasteiger partial charge < -0.3 is 26.0 Å². The predicted molar refractivity (Wildman–Crippen MR) is 164 cm³/mol. The van der Waals surface area contributed by atoms with Crippen LogP contribution >= 0.6 is 0 Å². The Hall–Kier alpha value is -4.90. The van der Waals surface area contributed by atoms with Gasteiger partial charge in [-0.15, -0.1) is 6.58 Å². The number of nitrogen functional groups attached to an aromatic ring is 1. The number of likely N-dealkylation sites (N-methyl/N-ethyl adjacent to an activating group) is 1. The minimum atomic E-state index is -0.782. The topological polar surface area (TPSA) is 122 Å². The van der Waals surface area contributed by atoms with Gasteiger partial charge in [0.1, 0.15) is 24.3 Å². The monoisotopic (exact) mass is 590 g/mol. The lowest BCUT2D eigenvalue weighted by Gasteiger charge is -2.47. The van der Waals surface area contributed by atoms with Gasteiger partial charge >= 0.3 is 6.03 Å². The average molecular weight is 591 g/mol. The first-order valence-corrected chi connectivity index (χ1v) is 13.9. The fourth-order valence-electron chi connectivity index (χ4n) is 4.54. The summed E-state index contributed by atoms with van der Waals surface area (Å²) in [4.78, 5) is 41.1. The molecule has 11 heteroatoms. The first-order chi connectivity index (χ1) is 20.7. The summed E-state index contributed by atoms with van der Waals surface area (Å²) >= 11 is 0. The highest BCUT2D eigenvalue weighted by Gasteiger charge is 2.39. The second kappa shape index (κ2) is 15.9. The van der Waals surface area contributed by atoms with Crippen LogP contribution in [0.15, 0.2) is 85.5 Å². The number of urea groups is 1. The molecule has 1 unspecified atom stereocenters. The molecule has 1 atom stereocenters. The SMILES string of the molecule is C=CCN(CC)N(C(=O)NCc1ccccc1F)C1CN(Cc2ccccc2N)C(=O)CN1C=O.Cc1ccc(O)cc1. The molecule has 0 aliphatic carbocycles. The molecule has 1 aliphatic heterocycles. The van der Waals surface area contributed by atoms with Crippen LogP contribution in [-0.4, -0.2) is 75.6 Å². The van der Waals surface area contributed by atoms with E-state index in [9.17, 15) is 18.8 Å². The van der Waals surface area contributed by atoms with Crippen molar-refractivity contribution in [1.29, 1.82) is 0 Å². The maximum atomic E-state index is 14.1. The van der Waals surface area contributed by atoms with E-state index in [0.29, 0.717) is 36.5 Å². The van der Waals surface area contributed by atoms with Crippen molar-refractivity contribution >= 4 is 24.0 Å². The van der Waals surface area contributed by atoms with Gasteiger partial charge in [-0.05, 0) is 36.8 Å². The van der Waals surface area contributed by atoms with E-state index in [1.165, 1.54) is 21.5 Å². The highest BCUT2D eigenvalue weighted by molar-refractivity contribution is 5.82. The van der Waals surface area contributed by atoms with E-state index < -0.39 is 18.0 Å². The molecule has 228 valence electrons. The largest absolute Gasteiger partial charge is 0.508 e. The highest BCUT2D eigenvalue weighted by atomic mass is 19.1. The summed E-state index contributed by atoms with van der Waals surface area (Å²) in [6.45, 7) is 8.46. The number of para-hydroxylation sites is 1. The van der Waals surface area contributed by atoms with E-state index in [4.69, 9.17) is 10.8 Å². The summed E-state index contributed by atoms with van der Waals surface area (Å²) < 4.78 is 14.1. The van der Waals surface area contributed by atoms with Crippen molar-refractivity contribution in [1.82, 2.24) is 25.1 Å². The van der Waals surface area contributed by atoms with Crippen LogP contribution in [0.2, 0.25) is 0 Å². The van der Waals surface area contributed by atoms with Crippen LogP contribution in [0, 0.1) is 12.7 Å². The number of nitrogens with zero attached hydrogens (tertiary/aromatic N) is 4. The van der Waals surface area contributed by atoms with Crippen LogP contribution in [0.4, 0.5) is 14.9 Å². The van der Waals surface area contributed by atoms with Crippen LogP contribution in [0.1, 0.15) is 23.6 Å². The molecule has 1 aliphatic rings. The van der Waals surface area contributed by atoms with E-state index in [0.717, 1.165) is 5.56 Å². The quantitative estimate of drug-likeness (QED) is 0.143. The Labute approximate surface area is 251 Å². The van der Waals surface area contributed by atoms with Crippen LogP contribution in [0.25, 0.3) is 0 Å². The number of benzene rings is 3. The van der Waals surface area contributed by atoms with Gasteiger partial charge in [0.25, 0.3) is 0 Å². The van der Waals surface area contributed by atoms with Gasteiger partial charge in [0.2, 0.25) is 12.3 Å². The number of hydrogen-bond donors (Lipinski definition) is 3. The number of hydrogen-bond acceptors (Lipinski definition) is 6. The predicted octanol–water partition coefficient (Wildman–Crippen LogP) is 3.87. The van der Waals surface area contributed by atoms with Gasteiger partial charge in [0, 0.05) is 37.4 Å². The molecule has 10 nitrogen and oxygen atoms in total. The standard InChI is InChI=1S/C25H31FN6O3.C7H8O/c1-3-13-31(4-2)32(25(35)28-14-19-9-5-7-11-21(19)26)23-16-29(24(34)17-30(23)18-33)15-20-10-6-8-12-22(20)27;1-6-2-4-7(8)5-3-6/h3,5-12,18,23H,1,4,13-17,27H2,2H3,(H,28,35);2-5,8H,1H3. The number of piperazine rings is 1. The number of nitrogens with one attached hydrogen (secondary N) is 1. The minimum absolute atomic E-state index is 0.0371. The Balaban J connectivity index is 0.000000546. The Kier molecular flexibility index (Phi) is 12.1. The van der Waals surface area contributed by atoms with E-state index >= 15 is 0 Å². The fourth-order valence-corrected chi connectivity index (χ4v) is 4.54. The first-order valence-electron chi connectivity index (χ1n) is 13.9. The molecule has 0 radical (unpaired) electrons. The Morgan fingerprint density at radius 3 is 2.35 bits per heavy atom. The number of phenolic OH excluding ortho intramolecular Hbond substituents is 1. The van der Waals surface area contributed by atoms with Crippen LogP contribution in [-0.2, 0) is 22.7 Å². The number of carbonyl (C=O) groups is 3. The third-order valence-corrected chi connectivity index (χ3v) is 6.91. The Morgan fingerprint density at radius 1 is 1.12 bits per heavy atom. The van der Waals surface area contributed by atoms with Crippen LogP contribution in [0.5, 0.6) is 5.75 Å². The summed E-state index contributed by atoms with van der Waals surface area (Å²) in [5.74, 6) is -0.354. The molecular formula is C32H39FN6O4. The number of phenols is 1. The smallest absolute Gasteiger partial charge is 0.334 e. The summed E-state index contributed by atoms with van der Waals surface area (Å²) in [6, 6.07) is 20.0. The number of amides is 4. The van der Waals surface area contributed by atoms with Gasteiger partial charge in [0.15, 0.2) is 0 Å². The molecule has 4 N–H and O–H groups in total. The number of halogens is 1. The molecule has 3 aromatic rings. The molecule has 1 heterocycles. The molecule has 1 saturated heterocycles. The van der Waals surface area contributed by atoms with Crippen molar-refractivity contribution in [3.05, 3.63) is 108 Å². The molecule has 1 fully saturated rings. The molecule has 4 rings (SSSR count). The lowest BCUT2D eigenvalue weighted by atomic mass is 10.1. The maximum absolute atomic E-state index is 14.1. The summed E-state index contributed by atoms with van der Waals surface area (Å²) in [5, 5.41) is 14.6. The molecule has 0 spiro atoms. The molecule has 4 amide bonds. The Bertz CT molecular complexity index is 1370. The van der Waals surface area contributed by atoms with E-state index in [1.807, 2.05) is 44.2 Å². The van der Waals surface area contributed by atoms with Gasteiger partial charge in [-0.3, -0.25) is 9.59 Å². The summed E-state index contributed by atoms with van der Waals surface area (Å²) in [5.41, 5.74) is 8.89. The van der Waals surface area contributed by atoms with Gasteiger partial charge in [-0.25, -0.2) is 19.2 Å². The number of rotatable bonds is 10. The zero-order valence-electron chi connectivity index (χ0n) is 24.5. The minimum Gasteiger partial charge on any atom is -0.508 e. The number of aromatic hydroxyl groups is 1. The highest BCUT2D eigenvalue weighted by Crippen LogP contribution is 2.21. The van der Waals surface area contributed by atoms with E-state index in [1.54, 1.807) is 52.4 Å². The number of carbonyl (C=O) groups excluding carboxylic acids is 3. The zero-order valence-corrected chi connectivity index (χ0v) is 24.5. The normalized spacial score (nSPS) is 14.5. The molecule has 43 heavy (non-hydrogen) atoms. The van der Waals surface area contributed by atoms with Crippen LogP contribution in [0.3, 0.4) is 0 Å². The third-order valence-electron chi connectivity index (χ3n) is 6.91. The van der Waals surface area contributed by atoms with Crippen molar-refractivity contribution < 1.29 is 23.9 Å². The second-order valence-electron chi connectivity index (χ2n) is 9.96. The van der Waals surface area contributed by atoms with Gasteiger partial charge in [-0.2, -0.15) is 0 Å². The molecule has 3 aromatic carbocycles. The van der Waals surface area contributed by atoms with Crippen molar-refractivity contribution in [2.24, 2.45) is 0 Å². The molecule has 0 saturated carbocycles. The second-order valence-corrected chi connectivity index (χ2v) is 9.96. The number of anilines is 1. The lowest BCUT2D eigenvalue weighted by molar-refractivity contribution is -0.157. The van der Waals surface area contributed by atoms with Gasteiger partial charge in [-0.1, -0.05) is 67.1 Å². The molecular weight excluding hydrogens is 551 g/mol. The van der Waals surface area contributed by atoms with E-state index in [-0.39, 0.29) is 32.1 Å². The summed E-state index contributed by atoms with van der Waals surface area (Å²) in [6.07, 6.45) is 1.42.